The zero-order chi connectivity index (χ0) is 16.8. The van der Waals surface area contributed by atoms with Crippen LogP contribution in [0, 0.1) is 5.82 Å². The van der Waals surface area contributed by atoms with Crippen molar-refractivity contribution in [3.8, 4) is 0 Å². The second-order valence-electron chi connectivity index (χ2n) is 5.13. The Hall–Kier alpha value is -2.21. The molecule has 0 spiro atoms. The Morgan fingerprint density at radius 3 is 2.65 bits per heavy atom. The maximum Gasteiger partial charge on any atom is 0.258 e. The summed E-state index contributed by atoms with van der Waals surface area (Å²) in [6.07, 6.45) is 5.06. The third-order valence-electron chi connectivity index (χ3n) is 3.27. The lowest BCUT2D eigenvalue weighted by atomic mass is 10.2. The summed E-state index contributed by atoms with van der Waals surface area (Å²) in [5.41, 5.74) is 0.726. The molecule has 0 aliphatic rings. The van der Waals surface area contributed by atoms with Gasteiger partial charge in [0.15, 0.2) is 0 Å². The summed E-state index contributed by atoms with van der Waals surface area (Å²) in [5.74, 6) is -0.345. The van der Waals surface area contributed by atoms with E-state index in [1.165, 1.54) is 30.6 Å². The summed E-state index contributed by atoms with van der Waals surface area (Å²) < 4.78 is 13.1. The van der Waals surface area contributed by atoms with Gasteiger partial charge in [0.25, 0.3) is 5.91 Å². The molecule has 0 radical (unpaired) electrons. The normalized spacial score (nSPS) is 10.4. The highest BCUT2D eigenvalue weighted by atomic mass is 35.5. The molecule has 1 amide bonds. The molecule has 0 unspecified atom stereocenters. The highest BCUT2D eigenvalue weighted by Gasteiger charge is 2.10. The van der Waals surface area contributed by atoms with Crippen LogP contribution < -0.4 is 10.2 Å². The predicted molar refractivity (Wildman–Crippen MR) is 89.6 cm³/mol. The molecular formula is C16H18ClFN4O. The number of nitrogens with zero attached hydrogens (tertiary/aromatic N) is 3. The van der Waals surface area contributed by atoms with E-state index in [0.717, 1.165) is 19.4 Å². The Kier molecular flexibility index (Phi) is 5.87. The van der Waals surface area contributed by atoms with Crippen LogP contribution in [0.5, 0.6) is 0 Å². The van der Waals surface area contributed by atoms with Gasteiger partial charge in [-0.15, -0.1) is 0 Å². The van der Waals surface area contributed by atoms with Crippen LogP contribution >= 0.6 is 11.6 Å². The van der Waals surface area contributed by atoms with Crippen LogP contribution in [0.25, 0.3) is 0 Å². The largest absolute Gasteiger partial charge is 0.344 e. The number of carbonyl (C=O) groups is 1. The fraction of sp³-hybridized carbons (Fsp3) is 0.312. The van der Waals surface area contributed by atoms with Gasteiger partial charge in [0.1, 0.15) is 5.82 Å². The van der Waals surface area contributed by atoms with Crippen molar-refractivity contribution in [2.75, 3.05) is 23.8 Å². The van der Waals surface area contributed by atoms with Crippen molar-refractivity contribution in [2.24, 2.45) is 0 Å². The number of rotatable bonds is 6. The topological polar surface area (TPSA) is 58.1 Å². The van der Waals surface area contributed by atoms with Gasteiger partial charge in [-0.1, -0.05) is 24.9 Å². The molecule has 23 heavy (non-hydrogen) atoms. The SMILES string of the molecule is CCCCN(C)c1ncc(C(=O)Nc2ccc(F)c(Cl)c2)cn1. The lowest BCUT2D eigenvalue weighted by Crippen LogP contribution is -2.21. The number of aromatic nitrogens is 2. The van der Waals surface area contributed by atoms with E-state index >= 15 is 0 Å². The van der Waals surface area contributed by atoms with E-state index in [9.17, 15) is 9.18 Å². The van der Waals surface area contributed by atoms with Crippen LogP contribution in [-0.2, 0) is 0 Å². The van der Waals surface area contributed by atoms with Crippen LogP contribution in [0.3, 0.4) is 0 Å². The molecule has 2 aromatic rings. The maximum atomic E-state index is 13.1. The van der Waals surface area contributed by atoms with Gasteiger partial charge >= 0.3 is 0 Å². The van der Waals surface area contributed by atoms with E-state index < -0.39 is 5.82 Å². The van der Waals surface area contributed by atoms with Gasteiger partial charge in [-0.05, 0) is 24.6 Å². The van der Waals surface area contributed by atoms with E-state index in [4.69, 9.17) is 11.6 Å². The zero-order valence-corrected chi connectivity index (χ0v) is 13.8. The van der Waals surface area contributed by atoms with Gasteiger partial charge in [-0.2, -0.15) is 0 Å². The standard InChI is InChI=1S/C16H18ClFN4O/c1-3-4-7-22(2)16-19-9-11(10-20-16)15(23)21-12-5-6-14(18)13(17)8-12/h5-6,8-10H,3-4,7H2,1-2H3,(H,21,23). The van der Waals surface area contributed by atoms with Crippen LogP contribution in [0.1, 0.15) is 30.1 Å². The predicted octanol–water partition coefficient (Wildman–Crippen LogP) is 3.76. The molecule has 1 N–H and O–H groups in total. The van der Waals surface area contributed by atoms with Crippen LogP contribution in [-0.4, -0.2) is 29.5 Å². The number of nitrogens with one attached hydrogen (secondary N) is 1. The first-order chi connectivity index (χ1) is 11.0. The van der Waals surface area contributed by atoms with E-state index in [1.807, 2.05) is 11.9 Å². The van der Waals surface area contributed by atoms with Gasteiger partial charge in [-0.25, -0.2) is 14.4 Å². The quantitative estimate of drug-likeness (QED) is 0.872. The summed E-state index contributed by atoms with van der Waals surface area (Å²) in [4.78, 5) is 22.4. The highest BCUT2D eigenvalue weighted by Crippen LogP contribution is 2.19. The summed E-state index contributed by atoms with van der Waals surface area (Å²) >= 11 is 5.68. The van der Waals surface area contributed by atoms with Crippen LogP contribution in [0.15, 0.2) is 30.6 Å². The molecule has 0 bridgehead atoms. The number of benzene rings is 1. The Balaban J connectivity index is 2.03. The third kappa shape index (κ3) is 4.63. The number of halogens is 2. The van der Waals surface area contributed by atoms with Gasteiger partial charge in [-0.3, -0.25) is 4.79 Å². The molecule has 2 rings (SSSR count). The van der Waals surface area contributed by atoms with Gasteiger partial charge < -0.3 is 10.2 Å². The number of anilines is 2. The molecule has 0 saturated heterocycles. The first kappa shape index (κ1) is 17.1. The molecule has 0 aliphatic heterocycles. The van der Waals surface area contributed by atoms with E-state index in [-0.39, 0.29) is 10.9 Å². The van der Waals surface area contributed by atoms with Crippen LogP contribution in [0.2, 0.25) is 5.02 Å². The van der Waals surface area contributed by atoms with Crippen LogP contribution in [0.4, 0.5) is 16.0 Å². The third-order valence-corrected chi connectivity index (χ3v) is 3.56. The second-order valence-corrected chi connectivity index (χ2v) is 5.54. The Morgan fingerprint density at radius 1 is 1.35 bits per heavy atom. The monoisotopic (exact) mass is 336 g/mol. The Bertz CT molecular complexity index is 678. The molecule has 1 heterocycles. The van der Waals surface area contributed by atoms with Crippen molar-refractivity contribution >= 4 is 29.1 Å². The Labute approximate surface area is 139 Å². The molecule has 1 aromatic carbocycles. The van der Waals surface area contributed by atoms with E-state index in [1.54, 1.807) is 0 Å². The number of carbonyl (C=O) groups excluding carboxylic acids is 1. The van der Waals surface area contributed by atoms with Gasteiger partial charge in [0, 0.05) is 31.7 Å². The van der Waals surface area contributed by atoms with Gasteiger partial charge in [0.2, 0.25) is 5.95 Å². The fourth-order valence-corrected chi connectivity index (χ4v) is 2.09. The van der Waals surface area contributed by atoms with Crippen molar-refractivity contribution < 1.29 is 9.18 Å². The van der Waals surface area contributed by atoms with Crippen molar-refractivity contribution in [3.05, 3.63) is 47.0 Å². The molecule has 0 atom stereocenters. The average molecular weight is 337 g/mol. The molecule has 5 nitrogen and oxygen atoms in total. The van der Waals surface area contributed by atoms with Crippen molar-refractivity contribution in [3.63, 3.8) is 0 Å². The van der Waals surface area contributed by atoms with E-state index in [0.29, 0.717) is 17.2 Å². The minimum atomic E-state index is -0.535. The average Bonchev–Trinajstić information content (AvgIpc) is 2.56. The molecule has 1 aromatic heterocycles. The number of hydrogen-bond acceptors (Lipinski definition) is 4. The first-order valence-corrected chi connectivity index (χ1v) is 7.68. The Morgan fingerprint density at radius 2 is 2.04 bits per heavy atom. The molecule has 0 fully saturated rings. The molecule has 0 aliphatic carbocycles. The summed E-state index contributed by atoms with van der Waals surface area (Å²) in [6.45, 7) is 2.97. The minimum absolute atomic E-state index is 0.0491. The molecule has 122 valence electrons. The summed E-state index contributed by atoms with van der Waals surface area (Å²) in [5, 5.41) is 2.58. The maximum absolute atomic E-state index is 13.1. The first-order valence-electron chi connectivity index (χ1n) is 7.31. The fourth-order valence-electron chi connectivity index (χ4n) is 1.91. The van der Waals surface area contributed by atoms with E-state index in [2.05, 4.69) is 22.2 Å². The minimum Gasteiger partial charge on any atom is -0.344 e. The highest BCUT2D eigenvalue weighted by molar-refractivity contribution is 6.31. The number of amides is 1. The van der Waals surface area contributed by atoms with Crippen molar-refractivity contribution in [2.45, 2.75) is 19.8 Å². The lowest BCUT2D eigenvalue weighted by Gasteiger charge is -2.16. The number of unbranched alkanes of at least 4 members (excludes halogenated alkanes) is 1. The molecule has 0 saturated carbocycles. The smallest absolute Gasteiger partial charge is 0.258 e. The van der Waals surface area contributed by atoms with Crippen molar-refractivity contribution in [1.82, 2.24) is 9.97 Å². The molecular weight excluding hydrogens is 319 g/mol. The lowest BCUT2D eigenvalue weighted by molar-refractivity contribution is 0.102. The zero-order valence-electron chi connectivity index (χ0n) is 13.0. The van der Waals surface area contributed by atoms with Crippen molar-refractivity contribution in [1.29, 1.82) is 0 Å². The second kappa shape index (κ2) is 7.87. The summed E-state index contributed by atoms with van der Waals surface area (Å²) in [7, 11) is 1.91. The van der Waals surface area contributed by atoms with Gasteiger partial charge in [0.05, 0.1) is 10.6 Å². The molecule has 7 heteroatoms. The summed E-state index contributed by atoms with van der Waals surface area (Å²) in [6, 6.07) is 3.98. The number of hydrogen-bond donors (Lipinski definition) is 1.